The Labute approximate surface area is 62.6 Å². The van der Waals surface area contributed by atoms with Crippen LogP contribution in [0.2, 0.25) is 0 Å². The van der Waals surface area contributed by atoms with Gasteiger partial charge >= 0.3 is 0 Å². The molecular weight excluding hydrogens is 128 g/mol. The Kier molecular flexibility index (Phi) is 8.31. The third kappa shape index (κ3) is 7.63. The van der Waals surface area contributed by atoms with E-state index in [4.69, 9.17) is 4.74 Å². The zero-order valence-electron chi connectivity index (χ0n) is 6.34. The molecule has 0 aliphatic carbocycles. The largest absolute Gasteiger partial charge is 0.381 e. The molecule has 0 saturated carbocycles. The van der Waals surface area contributed by atoms with Crippen LogP contribution in [0.3, 0.4) is 0 Å². The lowest BCUT2D eigenvalue weighted by molar-refractivity contribution is -0.108. The quantitative estimate of drug-likeness (QED) is 0.399. The first kappa shape index (κ1) is 9.63. The van der Waals surface area contributed by atoms with E-state index in [1.165, 1.54) is 0 Å². The minimum absolute atomic E-state index is 0.615. The molecule has 0 unspecified atom stereocenters. The van der Waals surface area contributed by atoms with E-state index in [-0.39, 0.29) is 0 Å². The number of aldehydes is 1. The minimum Gasteiger partial charge on any atom is -0.381 e. The van der Waals surface area contributed by atoms with Gasteiger partial charge in [-0.2, -0.15) is 0 Å². The highest BCUT2D eigenvalue weighted by Gasteiger charge is 1.86. The summed E-state index contributed by atoms with van der Waals surface area (Å²) in [7, 11) is 0. The maximum Gasteiger partial charge on any atom is 0.120 e. The molecule has 0 fully saturated rings. The standard InChI is InChI=1S/C8H15O2/c1-2-3-7-10-8-5-4-6-9/h6H,1-5,7-8H2. The molecular formula is C8H15O2. The van der Waals surface area contributed by atoms with Crippen molar-refractivity contribution in [2.24, 2.45) is 0 Å². The Bertz CT molecular complexity index is 71.7. The second-order valence-corrected chi connectivity index (χ2v) is 2.13. The van der Waals surface area contributed by atoms with Gasteiger partial charge in [-0.1, -0.05) is 13.3 Å². The van der Waals surface area contributed by atoms with E-state index in [0.717, 1.165) is 32.2 Å². The zero-order valence-corrected chi connectivity index (χ0v) is 6.34. The molecule has 0 rings (SSSR count). The van der Waals surface area contributed by atoms with Crippen molar-refractivity contribution in [1.82, 2.24) is 0 Å². The van der Waals surface area contributed by atoms with Crippen LogP contribution in [-0.4, -0.2) is 19.5 Å². The Morgan fingerprint density at radius 3 is 2.60 bits per heavy atom. The average Bonchev–Trinajstić information content (AvgIpc) is 1.97. The van der Waals surface area contributed by atoms with Crippen molar-refractivity contribution in [3.63, 3.8) is 0 Å². The number of carbonyl (C=O) groups excluding carboxylic acids is 1. The molecule has 0 aromatic rings. The zero-order chi connectivity index (χ0) is 7.66. The summed E-state index contributed by atoms with van der Waals surface area (Å²) in [6.45, 7) is 5.17. The van der Waals surface area contributed by atoms with Crippen LogP contribution in [0, 0.1) is 6.92 Å². The summed E-state index contributed by atoms with van der Waals surface area (Å²) in [5.41, 5.74) is 0. The second-order valence-electron chi connectivity index (χ2n) is 2.13. The first-order chi connectivity index (χ1) is 4.91. The predicted molar refractivity (Wildman–Crippen MR) is 40.7 cm³/mol. The summed E-state index contributed by atoms with van der Waals surface area (Å²) in [6, 6.07) is 0. The van der Waals surface area contributed by atoms with Gasteiger partial charge in [0.2, 0.25) is 0 Å². The summed E-state index contributed by atoms with van der Waals surface area (Å²) in [4.78, 5) is 9.83. The topological polar surface area (TPSA) is 26.3 Å². The minimum atomic E-state index is 0.615. The molecule has 0 atom stereocenters. The third-order valence-corrected chi connectivity index (χ3v) is 1.15. The highest BCUT2D eigenvalue weighted by Crippen LogP contribution is 1.90. The van der Waals surface area contributed by atoms with Crippen LogP contribution in [0.15, 0.2) is 0 Å². The van der Waals surface area contributed by atoms with E-state index >= 15 is 0 Å². The van der Waals surface area contributed by atoms with Crippen molar-refractivity contribution in [3.05, 3.63) is 6.92 Å². The number of unbranched alkanes of at least 4 members (excludes halogenated alkanes) is 2. The number of hydrogen-bond donors (Lipinski definition) is 0. The van der Waals surface area contributed by atoms with Gasteiger partial charge in [-0.05, 0) is 12.8 Å². The van der Waals surface area contributed by atoms with Crippen molar-refractivity contribution < 1.29 is 9.53 Å². The first-order valence-electron chi connectivity index (χ1n) is 3.72. The van der Waals surface area contributed by atoms with Gasteiger partial charge in [0.05, 0.1) is 0 Å². The Morgan fingerprint density at radius 2 is 2.00 bits per heavy atom. The molecule has 0 spiro atoms. The van der Waals surface area contributed by atoms with Crippen molar-refractivity contribution in [2.75, 3.05) is 13.2 Å². The molecule has 0 bridgehead atoms. The SMILES string of the molecule is [CH2]CCCOCCCC=O. The van der Waals surface area contributed by atoms with Crippen molar-refractivity contribution in [2.45, 2.75) is 25.7 Å². The molecule has 0 heterocycles. The number of hydrogen-bond acceptors (Lipinski definition) is 2. The van der Waals surface area contributed by atoms with Gasteiger partial charge in [0.25, 0.3) is 0 Å². The van der Waals surface area contributed by atoms with E-state index < -0.39 is 0 Å². The smallest absolute Gasteiger partial charge is 0.120 e. The molecule has 0 aliphatic heterocycles. The van der Waals surface area contributed by atoms with E-state index in [1.807, 2.05) is 0 Å². The fourth-order valence-electron chi connectivity index (χ4n) is 0.575. The summed E-state index contributed by atoms with van der Waals surface area (Å²) in [6.07, 6.45) is 4.32. The molecule has 0 aromatic carbocycles. The molecule has 10 heavy (non-hydrogen) atoms. The van der Waals surface area contributed by atoms with Gasteiger partial charge in [0.1, 0.15) is 6.29 Å². The normalized spacial score (nSPS) is 9.70. The van der Waals surface area contributed by atoms with Crippen LogP contribution < -0.4 is 0 Å². The second kappa shape index (κ2) is 8.63. The Morgan fingerprint density at radius 1 is 1.30 bits per heavy atom. The average molecular weight is 143 g/mol. The molecule has 59 valence electrons. The van der Waals surface area contributed by atoms with Crippen molar-refractivity contribution >= 4 is 6.29 Å². The van der Waals surface area contributed by atoms with Crippen LogP contribution in [0.1, 0.15) is 25.7 Å². The highest BCUT2D eigenvalue weighted by atomic mass is 16.5. The van der Waals surface area contributed by atoms with Gasteiger partial charge < -0.3 is 9.53 Å². The van der Waals surface area contributed by atoms with E-state index in [2.05, 4.69) is 6.92 Å². The summed E-state index contributed by atoms with van der Waals surface area (Å²) in [5, 5.41) is 0. The van der Waals surface area contributed by atoms with E-state index in [9.17, 15) is 4.79 Å². The molecule has 0 aliphatic rings. The van der Waals surface area contributed by atoms with E-state index in [0.29, 0.717) is 13.0 Å². The molecule has 0 N–H and O–H groups in total. The van der Waals surface area contributed by atoms with Crippen LogP contribution in [0.4, 0.5) is 0 Å². The maximum atomic E-state index is 9.83. The summed E-state index contributed by atoms with van der Waals surface area (Å²) < 4.78 is 5.18. The van der Waals surface area contributed by atoms with Gasteiger partial charge in [-0.15, -0.1) is 0 Å². The van der Waals surface area contributed by atoms with Gasteiger partial charge in [0.15, 0.2) is 0 Å². The molecule has 1 radical (unpaired) electrons. The third-order valence-electron chi connectivity index (χ3n) is 1.15. The van der Waals surface area contributed by atoms with Gasteiger partial charge in [-0.3, -0.25) is 0 Å². The lowest BCUT2D eigenvalue weighted by Crippen LogP contribution is -1.96. The summed E-state index contributed by atoms with van der Waals surface area (Å²) >= 11 is 0. The lowest BCUT2D eigenvalue weighted by atomic mass is 10.3. The summed E-state index contributed by atoms with van der Waals surface area (Å²) in [5.74, 6) is 0. The Balaban J connectivity index is 2.70. The fraction of sp³-hybridized carbons (Fsp3) is 0.750. The predicted octanol–water partition coefficient (Wildman–Crippen LogP) is 1.60. The Hall–Kier alpha value is -0.370. The molecule has 2 nitrogen and oxygen atoms in total. The van der Waals surface area contributed by atoms with Crippen molar-refractivity contribution in [1.29, 1.82) is 0 Å². The number of carbonyl (C=O) groups is 1. The monoisotopic (exact) mass is 143 g/mol. The van der Waals surface area contributed by atoms with E-state index in [1.54, 1.807) is 0 Å². The molecule has 0 aromatic heterocycles. The number of ether oxygens (including phenoxy) is 1. The maximum absolute atomic E-state index is 9.83. The molecule has 0 saturated heterocycles. The van der Waals surface area contributed by atoms with Gasteiger partial charge in [-0.25, -0.2) is 0 Å². The van der Waals surface area contributed by atoms with Crippen LogP contribution in [-0.2, 0) is 9.53 Å². The highest BCUT2D eigenvalue weighted by molar-refractivity contribution is 5.48. The first-order valence-corrected chi connectivity index (χ1v) is 3.72. The van der Waals surface area contributed by atoms with Crippen molar-refractivity contribution in [3.8, 4) is 0 Å². The van der Waals surface area contributed by atoms with Crippen LogP contribution in [0.5, 0.6) is 0 Å². The van der Waals surface area contributed by atoms with Gasteiger partial charge in [0, 0.05) is 19.6 Å². The fourth-order valence-corrected chi connectivity index (χ4v) is 0.575. The molecule has 0 amide bonds. The van der Waals surface area contributed by atoms with Crippen LogP contribution >= 0.6 is 0 Å². The lowest BCUT2D eigenvalue weighted by Gasteiger charge is -1.99. The van der Waals surface area contributed by atoms with Crippen LogP contribution in [0.25, 0.3) is 0 Å². The number of rotatable bonds is 7. The molecule has 2 heteroatoms.